The third-order valence-corrected chi connectivity index (χ3v) is 8.12. The van der Waals surface area contributed by atoms with E-state index >= 15 is 0 Å². The maximum absolute atomic E-state index is 14.7. The number of benzene rings is 1. The van der Waals surface area contributed by atoms with Gasteiger partial charge in [0.15, 0.2) is 11.6 Å². The van der Waals surface area contributed by atoms with Crippen LogP contribution in [0, 0.1) is 29.5 Å². The second-order valence-electron chi connectivity index (χ2n) is 10.6. The molecule has 6 nitrogen and oxygen atoms in total. The number of hydrogen-bond acceptors (Lipinski definition) is 4. The van der Waals surface area contributed by atoms with Gasteiger partial charge in [-0.25, -0.2) is 4.39 Å². The molecule has 4 rings (SSSR count). The van der Waals surface area contributed by atoms with E-state index < -0.39 is 41.8 Å². The summed E-state index contributed by atoms with van der Waals surface area (Å²) in [7, 11) is 1.32. The molecule has 1 aromatic carbocycles. The lowest BCUT2D eigenvalue weighted by molar-refractivity contribution is -0.160. The number of alkyl halides is 3. The largest absolute Gasteiger partial charge is 0.496 e. The van der Waals surface area contributed by atoms with E-state index in [1.54, 1.807) is 0 Å². The average Bonchev–Trinajstić information content (AvgIpc) is 3.42. The van der Waals surface area contributed by atoms with Crippen molar-refractivity contribution < 1.29 is 36.6 Å². The zero-order chi connectivity index (χ0) is 26.2. The molecular formula is C26H34F4N2O4. The Balaban J connectivity index is 1.51. The molecular weight excluding hydrogens is 480 g/mol. The SMILES string of the molecule is COc1cc(F)c(OC2CCC(C)CC2)cc1C(=O)N[C@@H]1[C@H]2CC[C@H](C2)[C@@H]1C(=O)N[C@@H](C)C(F)(F)F. The highest BCUT2D eigenvalue weighted by Gasteiger charge is 2.52. The molecule has 0 radical (unpaired) electrons. The predicted molar refractivity (Wildman–Crippen MR) is 124 cm³/mol. The summed E-state index contributed by atoms with van der Waals surface area (Å²) in [4.78, 5) is 26.2. The number of amides is 2. The van der Waals surface area contributed by atoms with Crippen LogP contribution in [0.5, 0.6) is 11.5 Å². The van der Waals surface area contributed by atoms with Gasteiger partial charge in [-0.15, -0.1) is 0 Å². The number of methoxy groups -OCH3 is 1. The van der Waals surface area contributed by atoms with E-state index in [1.165, 1.54) is 13.2 Å². The van der Waals surface area contributed by atoms with E-state index in [4.69, 9.17) is 9.47 Å². The number of rotatable bonds is 7. The summed E-state index contributed by atoms with van der Waals surface area (Å²) in [6.07, 6.45) is 1.04. The van der Waals surface area contributed by atoms with E-state index in [0.29, 0.717) is 12.3 Å². The minimum absolute atomic E-state index is 0.0118. The van der Waals surface area contributed by atoms with Crippen LogP contribution in [0.2, 0.25) is 0 Å². The maximum atomic E-state index is 14.7. The van der Waals surface area contributed by atoms with Gasteiger partial charge in [0, 0.05) is 12.1 Å². The molecule has 36 heavy (non-hydrogen) atoms. The number of carbonyl (C=O) groups is 2. The Morgan fingerprint density at radius 1 is 1.03 bits per heavy atom. The molecule has 3 aliphatic carbocycles. The van der Waals surface area contributed by atoms with Crippen molar-refractivity contribution in [2.75, 3.05) is 7.11 Å². The fraction of sp³-hybridized carbons (Fsp3) is 0.692. The van der Waals surface area contributed by atoms with E-state index in [-0.39, 0.29) is 35.0 Å². The van der Waals surface area contributed by atoms with Gasteiger partial charge < -0.3 is 20.1 Å². The van der Waals surface area contributed by atoms with Crippen LogP contribution in [0.25, 0.3) is 0 Å². The lowest BCUT2D eigenvalue weighted by Crippen LogP contribution is -2.53. The molecule has 0 aromatic heterocycles. The van der Waals surface area contributed by atoms with Crippen molar-refractivity contribution >= 4 is 11.8 Å². The molecule has 200 valence electrons. The quantitative estimate of drug-likeness (QED) is 0.502. The highest BCUT2D eigenvalue weighted by atomic mass is 19.4. The summed E-state index contributed by atoms with van der Waals surface area (Å²) in [6, 6.07) is -0.183. The number of fused-ring (bicyclic) bond motifs is 2. The standard InChI is InChI=1S/C26H34F4N2O4/c1-13-4-8-17(9-5-13)36-21-11-18(20(35-3)12-19(21)27)24(33)32-23-16-7-6-15(10-16)22(23)25(34)31-14(2)26(28,29)30/h11-17,22-23H,4-10H2,1-3H3,(H,31,34)(H,32,33)/t13?,14-,15+,16-,17?,22-,23+/m0/s1. The molecule has 3 saturated carbocycles. The molecule has 1 aromatic rings. The van der Waals surface area contributed by atoms with Crippen LogP contribution in [-0.2, 0) is 4.79 Å². The number of nitrogens with one attached hydrogen (secondary N) is 2. The molecule has 0 saturated heterocycles. The molecule has 10 heteroatoms. The molecule has 2 amide bonds. The Bertz CT molecular complexity index is 977. The lowest BCUT2D eigenvalue weighted by atomic mass is 9.83. The molecule has 0 aliphatic heterocycles. The normalized spacial score (nSPS) is 30.5. The molecule has 2 N–H and O–H groups in total. The molecule has 0 heterocycles. The number of carbonyl (C=O) groups excluding carboxylic acids is 2. The van der Waals surface area contributed by atoms with Crippen LogP contribution in [0.4, 0.5) is 17.6 Å². The topological polar surface area (TPSA) is 76.7 Å². The van der Waals surface area contributed by atoms with Crippen LogP contribution in [0.1, 0.15) is 69.2 Å². The molecule has 2 bridgehead atoms. The van der Waals surface area contributed by atoms with Gasteiger partial charge in [-0.2, -0.15) is 13.2 Å². The highest BCUT2D eigenvalue weighted by Crippen LogP contribution is 2.49. The fourth-order valence-electron chi connectivity index (χ4n) is 6.00. The van der Waals surface area contributed by atoms with Gasteiger partial charge in [0.25, 0.3) is 5.91 Å². The second-order valence-corrected chi connectivity index (χ2v) is 10.6. The first-order valence-electron chi connectivity index (χ1n) is 12.7. The van der Waals surface area contributed by atoms with Gasteiger partial charge in [0.1, 0.15) is 11.8 Å². The Morgan fingerprint density at radius 3 is 2.33 bits per heavy atom. The third kappa shape index (κ3) is 5.57. The van der Waals surface area contributed by atoms with Crippen molar-refractivity contribution in [3.8, 4) is 11.5 Å². The van der Waals surface area contributed by atoms with E-state index in [1.807, 2.05) is 0 Å². The monoisotopic (exact) mass is 514 g/mol. The minimum atomic E-state index is -4.56. The maximum Gasteiger partial charge on any atom is 0.408 e. The van der Waals surface area contributed by atoms with Crippen molar-refractivity contribution in [2.45, 2.75) is 83.2 Å². The number of ether oxygens (including phenoxy) is 2. The highest BCUT2D eigenvalue weighted by molar-refractivity contribution is 5.98. The smallest absolute Gasteiger partial charge is 0.408 e. The van der Waals surface area contributed by atoms with Crippen LogP contribution >= 0.6 is 0 Å². The second kappa shape index (κ2) is 10.5. The Kier molecular flexibility index (Phi) is 7.71. The van der Waals surface area contributed by atoms with Crippen molar-refractivity contribution in [1.82, 2.24) is 10.6 Å². The van der Waals surface area contributed by atoms with Crippen LogP contribution in [-0.4, -0.2) is 43.3 Å². The van der Waals surface area contributed by atoms with Gasteiger partial charge in [-0.1, -0.05) is 6.92 Å². The molecule has 3 fully saturated rings. The van der Waals surface area contributed by atoms with Crippen LogP contribution in [0.15, 0.2) is 12.1 Å². The zero-order valence-electron chi connectivity index (χ0n) is 20.8. The Labute approximate surface area is 208 Å². The first kappa shape index (κ1) is 26.5. The van der Waals surface area contributed by atoms with Gasteiger partial charge in [0.2, 0.25) is 5.91 Å². The summed E-state index contributed by atoms with van der Waals surface area (Å²) in [5, 5.41) is 4.93. The summed E-state index contributed by atoms with van der Waals surface area (Å²) >= 11 is 0. The van der Waals surface area contributed by atoms with Gasteiger partial charge in [-0.3, -0.25) is 9.59 Å². The lowest BCUT2D eigenvalue weighted by Gasteiger charge is -2.32. The summed E-state index contributed by atoms with van der Waals surface area (Å²) in [6.45, 7) is 3.07. The van der Waals surface area contributed by atoms with E-state index in [2.05, 4.69) is 17.6 Å². The average molecular weight is 515 g/mol. The summed E-state index contributed by atoms with van der Waals surface area (Å²) in [5.41, 5.74) is 0.0590. The van der Waals surface area contributed by atoms with Crippen molar-refractivity contribution in [3.05, 3.63) is 23.5 Å². The predicted octanol–water partition coefficient (Wildman–Crippen LogP) is 5.00. The number of halogens is 4. The molecule has 0 unspecified atom stereocenters. The van der Waals surface area contributed by atoms with Gasteiger partial charge in [-0.05, 0) is 75.7 Å². The fourth-order valence-corrected chi connectivity index (χ4v) is 6.00. The van der Waals surface area contributed by atoms with E-state index in [9.17, 15) is 27.2 Å². The van der Waals surface area contributed by atoms with Crippen molar-refractivity contribution in [2.24, 2.45) is 23.7 Å². The molecule has 0 spiro atoms. The minimum Gasteiger partial charge on any atom is -0.496 e. The Hall–Kier alpha value is -2.52. The first-order valence-corrected chi connectivity index (χ1v) is 12.7. The molecule has 5 atom stereocenters. The van der Waals surface area contributed by atoms with Crippen LogP contribution < -0.4 is 20.1 Å². The first-order chi connectivity index (χ1) is 17.0. The van der Waals surface area contributed by atoms with Gasteiger partial charge >= 0.3 is 6.18 Å². The summed E-state index contributed by atoms with van der Waals surface area (Å²) in [5.74, 6) is -2.22. The zero-order valence-corrected chi connectivity index (χ0v) is 20.8. The van der Waals surface area contributed by atoms with Crippen molar-refractivity contribution in [1.29, 1.82) is 0 Å². The van der Waals surface area contributed by atoms with Crippen molar-refractivity contribution in [3.63, 3.8) is 0 Å². The third-order valence-electron chi connectivity index (χ3n) is 8.12. The van der Waals surface area contributed by atoms with E-state index in [0.717, 1.165) is 51.5 Å². The number of hydrogen-bond donors (Lipinski definition) is 2. The molecule has 3 aliphatic rings. The summed E-state index contributed by atoms with van der Waals surface area (Å²) < 4.78 is 64.9. The van der Waals surface area contributed by atoms with Gasteiger partial charge in [0.05, 0.1) is 24.7 Å². The van der Waals surface area contributed by atoms with Crippen LogP contribution in [0.3, 0.4) is 0 Å². The Morgan fingerprint density at radius 2 is 1.69 bits per heavy atom.